The summed E-state index contributed by atoms with van der Waals surface area (Å²) in [5.74, 6) is 1.06. The SMILES string of the molecule is COc1cc(C)ccc1OCc1cccc(C(F)(F)F)c1. The zero-order valence-corrected chi connectivity index (χ0v) is 11.7. The van der Waals surface area contributed by atoms with Gasteiger partial charge >= 0.3 is 6.18 Å². The molecule has 2 aromatic carbocycles. The van der Waals surface area contributed by atoms with E-state index in [2.05, 4.69) is 0 Å². The molecule has 21 heavy (non-hydrogen) atoms. The van der Waals surface area contributed by atoms with Crippen LogP contribution in [-0.2, 0) is 12.8 Å². The molecule has 0 unspecified atom stereocenters. The average molecular weight is 296 g/mol. The smallest absolute Gasteiger partial charge is 0.416 e. The van der Waals surface area contributed by atoms with Gasteiger partial charge in [-0.05, 0) is 42.3 Å². The first-order valence-electron chi connectivity index (χ1n) is 6.34. The van der Waals surface area contributed by atoms with Crippen molar-refractivity contribution in [3.05, 3.63) is 59.2 Å². The lowest BCUT2D eigenvalue weighted by Gasteiger charge is -2.12. The Balaban J connectivity index is 2.13. The van der Waals surface area contributed by atoms with Crippen molar-refractivity contribution >= 4 is 0 Å². The number of hydrogen-bond donors (Lipinski definition) is 0. The van der Waals surface area contributed by atoms with Crippen LogP contribution in [0.3, 0.4) is 0 Å². The van der Waals surface area contributed by atoms with E-state index in [9.17, 15) is 13.2 Å². The van der Waals surface area contributed by atoms with Crippen LogP contribution in [0.15, 0.2) is 42.5 Å². The van der Waals surface area contributed by atoms with Gasteiger partial charge in [0.25, 0.3) is 0 Å². The third-order valence-corrected chi connectivity index (χ3v) is 2.97. The van der Waals surface area contributed by atoms with Crippen LogP contribution in [0, 0.1) is 6.92 Å². The van der Waals surface area contributed by atoms with E-state index >= 15 is 0 Å². The van der Waals surface area contributed by atoms with Gasteiger partial charge in [0.2, 0.25) is 0 Å². The van der Waals surface area contributed by atoms with Gasteiger partial charge in [-0.3, -0.25) is 0 Å². The molecule has 112 valence electrons. The van der Waals surface area contributed by atoms with Gasteiger partial charge in [-0.15, -0.1) is 0 Å². The van der Waals surface area contributed by atoms with Gasteiger partial charge in [0.05, 0.1) is 12.7 Å². The van der Waals surface area contributed by atoms with Gasteiger partial charge < -0.3 is 9.47 Å². The van der Waals surface area contributed by atoms with Crippen LogP contribution in [0.2, 0.25) is 0 Å². The van der Waals surface area contributed by atoms with Gasteiger partial charge in [-0.25, -0.2) is 0 Å². The summed E-state index contributed by atoms with van der Waals surface area (Å²) in [5.41, 5.74) is 0.783. The second-order valence-electron chi connectivity index (χ2n) is 4.64. The maximum Gasteiger partial charge on any atom is 0.416 e. The van der Waals surface area contributed by atoms with Crippen LogP contribution < -0.4 is 9.47 Å². The van der Waals surface area contributed by atoms with Crippen LogP contribution >= 0.6 is 0 Å². The quantitative estimate of drug-likeness (QED) is 0.821. The van der Waals surface area contributed by atoms with E-state index in [-0.39, 0.29) is 6.61 Å². The molecule has 0 aliphatic rings. The van der Waals surface area contributed by atoms with E-state index in [1.54, 1.807) is 12.1 Å². The molecule has 2 nitrogen and oxygen atoms in total. The third kappa shape index (κ3) is 3.90. The number of benzene rings is 2. The van der Waals surface area contributed by atoms with Gasteiger partial charge in [-0.1, -0.05) is 18.2 Å². The Bertz CT molecular complexity index is 621. The molecule has 2 aromatic rings. The van der Waals surface area contributed by atoms with Crippen molar-refractivity contribution in [1.29, 1.82) is 0 Å². The second kappa shape index (κ2) is 6.08. The molecule has 2 rings (SSSR count). The fourth-order valence-corrected chi connectivity index (χ4v) is 1.89. The highest BCUT2D eigenvalue weighted by Crippen LogP contribution is 2.31. The van der Waals surface area contributed by atoms with E-state index in [1.165, 1.54) is 13.2 Å². The van der Waals surface area contributed by atoms with Gasteiger partial charge in [0.1, 0.15) is 6.61 Å². The monoisotopic (exact) mass is 296 g/mol. The highest BCUT2D eigenvalue weighted by molar-refractivity contribution is 5.42. The van der Waals surface area contributed by atoms with Crippen LogP contribution in [0.5, 0.6) is 11.5 Å². The molecular formula is C16H15F3O2. The lowest BCUT2D eigenvalue weighted by molar-refractivity contribution is -0.137. The molecule has 0 amide bonds. The van der Waals surface area contributed by atoms with E-state index < -0.39 is 11.7 Å². The molecule has 0 fully saturated rings. The zero-order valence-electron chi connectivity index (χ0n) is 11.7. The van der Waals surface area contributed by atoms with Crippen molar-refractivity contribution in [2.45, 2.75) is 19.7 Å². The Morgan fingerprint density at radius 2 is 1.76 bits per heavy atom. The number of hydrogen-bond acceptors (Lipinski definition) is 2. The molecule has 0 saturated heterocycles. The minimum Gasteiger partial charge on any atom is -0.493 e. The predicted molar refractivity (Wildman–Crippen MR) is 73.5 cm³/mol. The summed E-state index contributed by atoms with van der Waals surface area (Å²) in [5, 5.41) is 0. The Kier molecular flexibility index (Phi) is 4.40. The largest absolute Gasteiger partial charge is 0.493 e. The summed E-state index contributed by atoms with van der Waals surface area (Å²) in [7, 11) is 1.52. The maximum atomic E-state index is 12.6. The number of methoxy groups -OCH3 is 1. The Morgan fingerprint density at radius 1 is 1.00 bits per heavy atom. The molecule has 0 N–H and O–H groups in total. The fraction of sp³-hybridized carbons (Fsp3) is 0.250. The topological polar surface area (TPSA) is 18.5 Å². The normalized spacial score (nSPS) is 11.3. The van der Waals surface area contributed by atoms with Crippen LogP contribution in [0.4, 0.5) is 13.2 Å². The van der Waals surface area contributed by atoms with Crippen LogP contribution in [-0.4, -0.2) is 7.11 Å². The number of alkyl halides is 3. The number of ether oxygens (including phenoxy) is 2. The summed E-state index contributed by atoms with van der Waals surface area (Å²) in [4.78, 5) is 0. The van der Waals surface area contributed by atoms with Gasteiger partial charge in [-0.2, -0.15) is 13.2 Å². The molecule has 0 bridgehead atoms. The van der Waals surface area contributed by atoms with Crippen molar-refractivity contribution in [3.63, 3.8) is 0 Å². The standard InChI is InChI=1S/C16H15F3O2/c1-11-6-7-14(15(8-11)20-2)21-10-12-4-3-5-13(9-12)16(17,18)19/h3-9H,10H2,1-2H3. The Hall–Kier alpha value is -2.17. The molecule has 0 heterocycles. The fourth-order valence-electron chi connectivity index (χ4n) is 1.89. The highest BCUT2D eigenvalue weighted by atomic mass is 19.4. The summed E-state index contributed by atoms with van der Waals surface area (Å²) in [6.07, 6.45) is -4.35. The maximum absolute atomic E-state index is 12.6. The Morgan fingerprint density at radius 3 is 2.43 bits per heavy atom. The minimum absolute atomic E-state index is 0.0450. The average Bonchev–Trinajstić information content (AvgIpc) is 2.45. The van der Waals surface area contributed by atoms with Crippen molar-refractivity contribution in [3.8, 4) is 11.5 Å². The molecule has 0 saturated carbocycles. The second-order valence-corrected chi connectivity index (χ2v) is 4.64. The lowest BCUT2D eigenvalue weighted by atomic mass is 10.1. The summed E-state index contributed by atoms with van der Waals surface area (Å²) in [6, 6.07) is 10.5. The predicted octanol–water partition coefficient (Wildman–Crippen LogP) is 4.60. The zero-order chi connectivity index (χ0) is 15.5. The van der Waals surface area contributed by atoms with Crippen molar-refractivity contribution in [2.24, 2.45) is 0 Å². The van der Waals surface area contributed by atoms with E-state index in [0.29, 0.717) is 17.1 Å². The molecule has 0 spiro atoms. The van der Waals surface area contributed by atoms with Crippen molar-refractivity contribution in [2.75, 3.05) is 7.11 Å². The molecule has 0 aliphatic heterocycles. The first-order valence-corrected chi connectivity index (χ1v) is 6.34. The van der Waals surface area contributed by atoms with Crippen molar-refractivity contribution < 1.29 is 22.6 Å². The molecular weight excluding hydrogens is 281 g/mol. The van der Waals surface area contributed by atoms with Gasteiger partial charge in [0, 0.05) is 0 Å². The summed E-state index contributed by atoms with van der Waals surface area (Å²) >= 11 is 0. The van der Waals surface area contributed by atoms with Crippen LogP contribution in [0.25, 0.3) is 0 Å². The molecule has 0 aromatic heterocycles. The molecule has 5 heteroatoms. The van der Waals surface area contributed by atoms with Gasteiger partial charge in [0.15, 0.2) is 11.5 Å². The number of halogens is 3. The lowest BCUT2D eigenvalue weighted by Crippen LogP contribution is -2.06. The van der Waals surface area contributed by atoms with Crippen LogP contribution in [0.1, 0.15) is 16.7 Å². The molecule has 0 atom stereocenters. The van der Waals surface area contributed by atoms with E-state index in [4.69, 9.17) is 9.47 Å². The van der Waals surface area contributed by atoms with E-state index in [0.717, 1.165) is 17.7 Å². The Labute approximate surface area is 121 Å². The summed E-state index contributed by atoms with van der Waals surface area (Å²) in [6.45, 7) is 1.96. The molecule has 0 radical (unpaired) electrons. The minimum atomic E-state index is -4.35. The number of aryl methyl sites for hydroxylation is 1. The first kappa shape index (κ1) is 15.2. The summed E-state index contributed by atoms with van der Waals surface area (Å²) < 4.78 is 48.6. The first-order chi connectivity index (χ1) is 9.90. The third-order valence-electron chi connectivity index (χ3n) is 2.97. The molecule has 0 aliphatic carbocycles. The van der Waals surface area contributed by atoms with Crippen molar-refractivity contribution in [1.82, 2.24) is 0 Å². The highest BCUT2D eigenvalue weighted by Gasteiger charge is 2.30. The number of rotatable bonds is 4. The van der Waals surface area contributed by atoms with E-state index in [1.807, 2.05) is 19.1 Å².